The zero-order valence-electron chi connectivity index (χ0n) is 15.5. The third-order valence-corrected chi connectivity index (χ3v) is 5.92. The molecule has 30 heavy (non-hydrogen) atoms. The molecule has 6 nitrogen and oxygen atoms in total. The maximum absolute atomic E-state index is 13.5. The highest BCUT2D eigenvalue weighted by Crippen LogP contribution is 2.30. The molecule has 0 bridgehead atoms. The molecule has 0 amide bonds. The molecule has 0 N–H and O–H groups in total. The molecule has 0 aliphatic carbocycles. The van der Waals surface area contributed by atoms with Crippen molar-refractivity contribution in [2.75, 3.05) is 0 Å². The lowest BCUT2D eigenvalue weighted by atomic mass is 10.2. The molecule has 0 unspecified atom stereocenters. The smallest absolute Gasteiger partial charge is 0.237 e. The van der Waals surface area contributed by atoms with Gasteiger partial charge in [-0.05, 0) is 35.7 Å². The summed E-state index contributed by atoms with van der Waals surface area (Å²) in [5.41, 5.74) is 2.62. The minimum Gasteiger partial charge on any atom is -0.338 e. The second-order valence-electron chi connectivity index (χ2n) is 6.30. The number of thiophene rings is 1. The van der Waals surface area contributed by atoms with E-state index in [4.69, 9.17) is 4.52 Å². The van der Waals surface area contributed by atoms with E-state index in [1.807, 2.05) is 51.7 Å². The molecule has 148 valence electrons. The summed E-state index contributed by atoms with van der Waals surface area (Å²) < 4.78 is 20.7. The third-order valence-electron chi connectivity index (χ3n) is 4.32. The summed E-state index contributed by atoms with van der Waals surface area (Å²) in [6, 6.07) is 17.9. The van der Waals surface area contributed by atoms with Crippen molar-refractivity contribution in [1.82, 2.24) is 24.9 Å². The molecule has 0 radical (unpaired) electrons. The third kappa shape index (κ3) is 3.77. The predicted molar refractivity (Wildman–Crippen MR) is 114 cm³/mol. The van der Waals surface area contributed by atoms with Gasteiger partial charge in [-0.15, -0.1) is 10.2 Å². The molecular formula is C21H14FN5OS2. The van der Waals surface area contributed by atoms with Crippen molar-refractivity contribution in [3.63, 3.8) is 0 Å². The first-order valence-electron chi connectivity index (χ1n) is 9.03. The summed E-state index contributed by atoms with van der Waals surface area (Å²) in [5.74, 6) is 1.88. The van der Waals surface area contributed by atoms with Gasteiger partial charge in [-0.3, -0.25) is 4.57 Å². The van der Waals surface area contributed by atoms with Gasteiger partial charge in [0.25, 0.3) is 0 Å². The Morgan fingerprint density at radius 1 is 0.967 bits per heavy atom. The standard InChI is InChI=1S/C21H14FN5OS2/c22-16-6-8-17(9-7-16)27-20(14-4-2-1-3-5-14)24-25-21(27)30-13-18-23-19(26-28-18)15-10-11-29-12-15/h1-12H,13H2. The number of thioether (sulfide) groups is 1. The summed E-state index contributed by atoms with van der Waals surface area (Å²) in [4.78, 5) is 4.45. The average molecular weight is 436 g/mol. The average Bonchev–Trinajstić information content (AvgIpc) is 3.53. The fourth-order valence-electron chi connectivity index (χ4n) is 2.91. The van der Waals surface area contributed by atoms with E-state index in [9.17, 15) is 4.39 Å². The van der Waals surface area contributed by atoms with Crippen LogP contribution in [0.15, 0.2) is 81.1 Å². The Hall–Kier alpha value is -3.30. The fourth-order valence-corrected chi connectivity index (χ4v) is 4.33. The zero-order chi connectivity index (χ0) is 20.3. The Labute approximate surface area is 179 Å². The lowest BCUT2D eigenvalue weighted by Crippen LogP contribution is -2.00. The van der Waals surface area contributed by atoms with Crippen LogP contribution < -0.4 is 0 Å². The van der Waals surface area contributed by atoms with Crippen LogP contribution in [0.1, 0.15) is 5.89 Å². The highest BCUT2D eigenvalue weighted by atomic mass is 32.2. The molecule has 0 saturated carbocycles. The summed E-state index contributed by atoms with van der Waals surface area (Å²) in [6.07, 6.45) is 0. The van der Waals surface area contributed by atoms with Gasteiger partial charge in [0.05, 0.1) is 5.75 Å². The van der Waals surface area contributed by atoms with Crippen molar-refractivity contribution in [3.05, 3.63) is 83.1 Å². The first-order valence-corrected chi connectivity index (χ1v) is 11.0. The van der Waals surface area contributed by atoms with E-state index in [1.165, 1.54) is 23.9 Å². The summed E-state index contributed by atoms with van der Waals surface area (Å²) in [6.45, 7) is 0. The van der Waals surface area contributed by atoms with Crippen LogP contribution in [0.4, 0.5) is 4.39 Å². The van der Waals surface area contributed by atoms with Crippen molar-refractivity contribution in [1.29, 1.82) is 0 Å². The molecule has 0 aliphatic rings. The number of halogens is 1. The van der Waals surface area contributed by atoms with Crippen molar-refractivity contribution in [2.45, 2.75) is 10.9 Å². The van der Waals surface area contributed by atoms with E-state index in [0.29, 0.717) is 28.4 Å². The van der Waals surface area contributed by atoms with Crippen molar-refractivity contribution in [3.8, 4) is 28.5 Å². The number of hydrogen-bond donors (Lipinski definition) is 0. The monoisotopic (exact) mass is 435 g/mol. The first kappa shape index (κ1) is 18.7. The topological polar surface area (TPSA) is 69.6 Å². The van der Waals surface area contributed by atoms with E-state index in [2.05, 4.69) is 20.3 Å². The van der Waals surface area contributed by atoms with Gasteiger partial charge < -0.3 is 4.52 Å². The quantitative estimate of drug-likeness (QED) is 0.329. The molecule has 3 aromatic heterocycles. The minimum absolute atomic E-state index is 0.297. The Morgan fingerprint density at radius 3 is 2.57 bits per heavy atom. The number of benzene rings is 2. The second-order valence-corrected chi connectivity index (χ2v) is 8.02. The maximum atomic E-state index is 13.5. The van der Waals surface area contributed by atoms with E-state index >= 15 is 0 Å². The van der Waals surface area contributed by atoms with Crippen molar-refractivity contribution >= 4 is 23.1 Å². The molecule has 9 heteroatoms. The van der Waals surface area contributed by atoms with Gasteiger partial charge in [-0.1, -0.05) is 47.3 Å². The Bertz CT molecular complexity index is 1250. The van der Waals surface area contributed by atoms with Crippen LogP contribution in [0, 0.1) is 5.82 Å². The van der Waals surface area contributed by atoms with E-state index in [0.717, 1.165) is 16.8 Å². The summed E-state index contributed by atoms with van der Waals surface area (Å²) >= 11 is 3.01. The van der Waals surface area contributed by atoms with Crippen LogP contribution >= 0.6 is 23.1 Å². The van der Waals surface area contributed by atoms with Crippen LogP contribution in [0.2, 0.25) is 0 Å². The van der Waals surface area contributed by atoms with Gasteiger partial charge in [0, 0.05) is 22.2 Å². The van der Waals surface area contributed by atoms with Gasteiger partial charge >= 0.3 is 0 Å². The largest absolute Gasteiger partial charge is 0.338 e. The molecule has 0 atom stereocenters. The number of aromatic nitrogens is 5. The van der Waals surface area contributed by atoms with Crippen LogP contribution in [-0.4, -0.2) is 24.9 Å². The van der Waals surface area contributed by atoms with Crippen molar-refractivity contribution < 1.29 is 8.91 Å². The molecule has 0 fully saturated rings. The Balaban J connectivity index is 1.46. The van der Waals surface area contributed by atoms with Crippen LogP contribution in [-0.2, 0) is 5.75 Å². The molecule has 0 spiro atoms. The zero-order valence-corrected chi connectivity index (χ0v) is 17.1. The first-order chi connectivity index (χ1) is 14.8. The molecule has 0 saturated heterocycles. The fraction of sp³-hybridized carbons (Fsp3) is 0.0476. The van der Waals surface area contributed by atoms with Crippen LogP contribution in [0.5, 0.6) is 0 Å². The molecule has 5 aromatic rings. The number of rotatable bonds is 6. The van der Waals surface area contributed by atoms with E-state index < -0.39 is 0 Å². The lowest BCUT2D eigenvalue weighted by Gasteiger charge is -2.10. The van der Waals surface area contributed by atoms with E-state index in [1.54, 1.807) is 23.5 Å². The molecule has 3 heterocycles. The SMILES string of the molecule is Fc1ccc(-n2c(SCc3nc(-c4ccsc4)no3)nnc2-c2ccccc2)cc1. The Morgan fingerprint density at radius 2 is 1.80 bits per heavy atom. The van der Waals surface area contributed by atoms with E-state index in [-0.39, 0.29) is 5.82 Å². The number of nitrogens with zero attached hydrogens (tertiary/aromatic N) is 5. The van der Waals surface area contributed by atoms with Crippen LogP contribution in [0.3, 0.4) is 0 Å². The molecule has 0 aliphatic heterocycles. The van der Waals surface area contributed by atoms with Gasteiger partial charge in [-0.25, -0.2) is 4.39 Å². The van der Waals surface area contributed by atoms with Gasteiger partial charge in [-0.2, -0.15) is 16.3 Å². The Kier molecular flexibility index (Phi) is 5.12. The minimum atomic E-state index is -0.297. The van der Waals surface area contributed by atoms with Crippen LogP contribution in [0.25, 0.3) is 28.5 Å². The normalized spacial score (nSPS) is 11.1. The van der Waals surface area contributed by atoms with Gasteiger partial charge in [0.2, 0.25) is 11.7 Å². The highest BCUT2D eigenvalue weighted by Gasteiger charge is 2.18. The molecule has 5 rings (SSSR count). The maximum Gasteiger partial charge on any atom is 0.237 e. The second kappa shape index (κ2) is 8.21. The summed E-state index contributed by atoms with van der Waals surface area (Å²) in [5, 5.41) is 17.4. The molecule has 2 aromatic carbocycles. The number of hydrogen-bond acceptors (Lipinski definition) is 7. The van der Waals surface area contributed by atoms with Gasteiger partial charge in [0.1, 0.15) is 5.82 Å². The van der Waals surface area contributed by atoms with Crippen molar-refractivity contribution in [2.24, 2.45) is 0 Å². The molecular weight excluding hydrogens is 421 g/mol. The van der Waals surface area contributed by atoms with Gasteiger partial charge in [0.15, 0.2) is 11.0 Å². The lowest BCUT2D eigenvalue weighted by molar-refractivity contribution is 0.391. The summed E-state index contributed by atoms with van der Waals surface area (Å²) in [7, 11) is 0. The predicted octanol–water partition coefficient (Wildman–Crippen LogP) is 5.48. The highest BCUT2D eigenvalue weighted by molar-refractivity contribution is 7.98.